The molecule has 1 aromatic heterocycles. The summed E-state index contributed by atoms with van der Waals surface area (Å²) in [7, 11) is 0. The van der Waals surface area contributed by atoms with Crippen molar-refractivity contribution in [3.63, 3.8) is 0 Å². The van der Waals surface area contributed by atoms with E-state index in [9.17, 15) is 17.6 Å². The van der Waals surface area contributed by atoms with Gasteiger partial charge in [0.15, 0.2) is 0 Å². The maximum Gasteiger partial charge on any atom is 0.387 e. The van der Waals surface area contributed by atoms with Crippen molar-refractivity contribution in [1.82, 2.24) is 14.8 Å². The summed E-state index contributed by atoms with van der Waals surface area (Å²) in [5.74, 6) is 0.578. The van der Waals surface area contributed by atoms with Crippen LogP contribution < -0.4 is 14.8 Å². The van der Waals surface area contributed by atoms with Gasteiger partial charge in [-0.25, -0.2) is 4.68 Å². The summed E-state index contributed by atoms with van der Waals surface area (Å²) in [4.78, 5) is 4.28. The van der Waals surface area contributed by atoms with E-state index in [4.69, 9.17) is 4.74 Å². The lowest BCUT2D eigenvalue weighted by Crippen LogP contribution is -2.28. The summed E-state index contributed by atoms with van der Waals surface area (Å²) in [6.07, 6.45) is 5.35. The molecule has 0 saturated heterocycles. The highest BCUT2D eigenvalue weighted by atomic mass is 19.3. The fraction of sp³-hybridized carbons (Fsp3) is 0.250. The van der Waals surface area contributed by atoms with Crippen molar-refractivity contribution in [3.8, 4) is 11.5 Å². The number of anilines is 1. The molecule has 1 aliphatic heterocycles. The quantitative estimate of drug-likeness (QED) is 0.445. The molecule has 34 heavy (non-hydrogen) atoms. The Balaban J connectivity index is 1.63. The molecule has 1 aliphatic carbocycles. The van der Waals surface area contributed by atoms with Crippen LogP contribution in [0.3, 0.4) is 0 Å². The third-order valence-corrected chi connectivity index (χ3v) is 5.81. The van der Waals surface area contributed by atoms with E-state index in [0.717, 1.165) is 23.3 Å². The number of para-hydroxylation sites is 2. The Morgan fingerprint density at radius 2 is 1.65 bits per heavy atom. The molecule has 2 heterocycles. The second kappa shape index (κ2) is 9.20. The van der Waals surface area contributed by atoms with Gasteiger partial charge in [-0.1, -0.05) is 36.4 Å². The molecule has 3 aromatic rings. The summed E-state index contributed by atoms with van der Waals surface area (Å²) in [6, 6.07) is 12.7. The molecule has 5 rings (SSSR count). The molecule has 0 bridgehead atoms. The van der Waals surface area contributed by atoms with Crippen LogP contribution in [0.4, 0.5) is 23.5 Å². The average molecular weight is 472 g/mol. The van der Waals surface area contributed by atoms with Gasteiger partial charge in [-0.15, -0.1) is 0 Å². The third-order valence-electron chi connectivity index (χ3n) is 5.81. The van der Waals surface area contributed by atoms with Gasteiger partial charge in [0, 0.05) is 16.8 Å². The van der Waals surface area contributed by atoms with Gasteiger partial charge in [0.25, 0.3) is 0 Å². The first-order valence-electron chi connectivity index (χ1n) is 10.7. The first-order chi connectivity index (χ1) is 16.5. The van der Waals surface area contributed by atoms with Crippen molar-refractivity contribution in [2.75, 3.05) is 5.32 Å². The monoisotopic (exact) mass is 472 g/mol. The second-order valence-electron chi connectivity index (χ2n) is 7.81. The highest BCUT2D eigenvalue weighted by Crippen LogP contribution is 2.46. The van der Waals surface area contributed by atoms with Crippen LogP contribution in [0.25, 0.3) is 6.08 Å². The third kappa shape index (κ3) is 4.23. The standard InChI is InChI=1S/C24H20F4N4O2/c25-22(26)33-18-10-3-1-6-14(18)12-15-7-5-9-17-20(15)31-24-29-13-30-32(24)21(17)16-8-2-4-11-19(16)34-23(27)28/h1-4,6,8,10-13,21-23H,5,7,9H2,(H,29,30,31)/b15-12-. The number of fused-ring (bicyclic) bond motifs is 1. The average Bonchev–Trinajstić information content (AvgIpc) is 3.27. The summed E-state index contributed by atoms with van der Waals surface area (Å²) in [6.45, 7) is -5.91. The van der Waals surface area contributed by atoms with Crippen molar-refractivity contribution in [2.45, 2.75) is 38.5 Å². The molecule has 1 atom stereocenters. The number of rotatable bonds is 6. The van der Waals surface area contributed by atoms with Crippen LogP contribution in [0.2, 0.25) is 0 Å². The van der Waals surface area contributed by atoms with Crippen LogP contribution in [-0.4, -0.2) is 28.0 Å². The molecule has 1 unspecified atom stereocenters. The summed E-state index contributed by atoms with van der Waals surface area (Å²) < 4.78 is 63.1. The molecule has 176 valence electrons. The Bertz CT molecular complexity index is 1260. The highest BCUT2D eigenvalue weighted by Gasteiger charge is 2.35. The number of aromatic nitrogens is 3. The molecule has 1 N–H and O–H groups in total. The van der Waals surface area contributed by atoms with E-state index < -0.39 is 19.3 Å². The predicted octanol–water partition coefficient (Wildman–Crippen LogP) is 6.02. The maximum atomic E-state index is 13.1. The first-order valence-corrected chi connectivity index (χ1v) is 10.7. The number of hydrogen-bond donors (Lipinski definition) is 1. The SMILES string of the molecule is FC(F)Oc1ccccc1/C=C1/CCCC2=C1Nc1ncnn1C2c1ccccc1OC(F)F. The van der Waals surface area contributed by atoms with Gasteiger partial charge in [-0.2, -0.15) is 27.6 Å². The first kappa shape index (κ1) is 22.0. The molecular weight excluding hydrogens is 452 g/mol. The Hall–Kier alpha value is -3.82. The van der Waals surface area contributed by atoms with Crippen LogP contribution >= 0.6 is 0 Å². The summed E-state index contributed by atoms with van der Waals surface area (Å²) >= 11 is 0. The van der Waals surface area contributed by atoms with Crippen molar-refractivity contribution in [3.05, 3.63) is 82.8 Å². The predicted molar refractivity (Wildman–Crippen MR) is 117 cm³/mol. The molecule has 0 saturated carbocycles. The zero-order chi connectivity index (χ0) is 23.7. The number of alkyl halides is 4. The van der Waals surface area contributed by atoms with E-state index in [1.54, 1.807) is 41.1 Å². The lowest BCUT2D eigenvalue weighted by molar-refractivity contribution is -0.0510. The molecule has 0 radical (unpaired) electrons. The number of nitrogens with zero attached hydrogens (tertiary/aromatic N) is 3. The van der Waals surface area contributed by atoms with Crippen molar-refractivity contribution >= 4 is 12.0 Å². The maximum absolute atomic E-state index is 13.1. The topological polar surface area (TPSA) is 61.2 Å². The van der Waals surface area contributed by atoms with Crippen LogP contribution in [0.5, 0.6) is 11.5 Å². The summed E-state index contributed by atoms with van der Waals surface area (Å²) in [5.41, 5.74) is 3.62. The lowest BCUT2D eigenvalue weighted by atomic mass is 9.83. The van der Waals surface area contributed by atoms with Gasteiger partial charge in [-0.3, -0.25) is 0 Å². The Morgan fingerprint density at radius 1 is 0.941 bits per heavy atom. The van der Waals surface area contributed by atoms with Crippen molar-refractivity contribution in [1.29, 1.82) is 0 Å². The fourth-order valence-electron chi connectivity index (χ4n) is 4.51. The van der Waals surface area contributed by atoms with Crippen LogP contribution in [-0.2, 0) is 0 Å². The molecule has 2 aliphatic rings. The zero-order valence-electron chi connectivity index (χ0n) is 17.8. The minimum absolute atomic E-state index is 0.0597. The van der Waals surface area contributed by atoms with Gasteiger partial charge in [0.1, 0.15) is 23.9 Å². The summed E-state index contributed by atoms with van der Waals surface area (Å²) in [5, 5.41) is 7.62. The van der Waals surface area contributed by atoms with E-state index in [1.165, 1.54) is 18.5 Å². The Kier molecular flexibility index (Phi) is 5.95. The molecule has 6 nitrogen and oxygen atoms in total. The molecular formula is C24H20F4N4O2. The van der Waals surface area contributed by atoms with Gasteiger partial charge in [-0.05, 0) is 48.6 Å². The molecule has 0 fully saturated rings. The molecule has 0 spiro atoms. The number of allylic oxidation sites excluding steroid dienone is 2. The lowest BCUT2D eigenvalue weighted by Gasteiger charge is -2.35. The van der Waals surface area contributed by atoms with E-state index in [-0.39, 0.29) is 11.5 Å². The zero-order valence-corrected chi connectivity index (χ0v) is 17.8. The van der Waals surface area contributed by atoms with Gasteiger partial charge in [0.05, 0.1) is 0 Å². The number of nitrogens with one attached hydrogen (secondary N) is 1. The van der Waals surface area contributed by atoms with Crippen molar-refractivity contribution < 1.29 is 27.0 Å². The molecule has 10 heteroatoms. The number of benzene rings is 2. The number of hydrogen-bond acceptors (Lipinski definition) is 5. The molecule has 2 aromatic carbocycles. The fourth-order valence-corrected chi connectivity index (χ4v) is 4.51. The van der Waals surface area contributed by atoms with Gasteiger partial charge in [0.2, 0.25) is 5.95 Å². The second-order valence-corrected chi connectivity index (χ2v) is 7.81. The normalized spacial score (nSPS) is 18.6. The van der Waals surface area contributed by atoms with E-state index >= 15 is 0 Å². The van der Waals surface area contributed by atoms with Crippen LogP contribution in [0.15, 0.2) is 71.7 Å². The van der Waals surface area contributed by atoms with Gasteiger partial charge < -0.3 is 14.8 Å². The minimum Gasteiger partial charge on any atom is -0.434 e. The van der Waals surface area contributed by atoms with Crippen LogP contribution in [0.1, 0.15) is 36.4 Å². The minimum atomic E-state index is -2.97. The number of ether oxygens (including phenoxy) is 2. The highest BCUT2D eigenvalue weighted by molar-refractivity contribution is 5.68. The molecule has 0 amide bonds. The smallest absolute Gasteiger partial charge is 0.387 e. The van der Waals surface area contributed by atoms with Gasteiger partial charge >= 0.3 is 13.2 Å². The van der Waals surface area contributed by atoms with Crippen molar-refractivity contribution in [2.24, 2.45) is 0 Å². The van der Waals surface area contributed by atoms with E-state index in [2.05, 4.69) is 20.1 Å². The Labute approximate surface area is 192 Å². The van der Waals surface area contributed by atoms with E-state index in [0.29, 0.717) is 29.9 Å². The largest absolute Gasteiger partial charge is 0.434 e. The Morgan fingerprint density at radius 3 is 2.44 bits per heavy atom. The van der Waals surface area contributed by atoms with Crippen LogP contribution in [0, 0.1) is 0 Å². The van der Waals surface area contributed by atoms with E-state index in [1.807, 2.05) is 6.08 Å². The number of halogens is 4.